The number of hydrogen-bond donors (Lipinski definition) is 1. The van der Waals surface area contributed by atoms with Gasteiger partial charge in [-0.25, -0.2) is 8.78 Å². The maximum atomic E-state index is 13.7. The second-order valence-electron chi connectivity index (χ2n) is 5.08. The summed E-state index contributed by atoms with van der Waals surface area (Å²) in [5.41, 5.74) is -0.287. The van der Waals surface area contributed by atoms with E-state index >= 15 is 0 Å². The van der Waals surface area contributed by atoms with Crippen LogP contribution in [-0.4, -0.2) is 37.0 Å². The second-order valence-corrected chi connectivity index (χ2v) is 5.49. The van der Waals surface area contributed by atoms with Gasteiger partial charge in [0.25, 0.3) is 5.91 Å². The molecule has 1 unspecified atom stereocenters. The number of carbonyl (C=O) groups is 1. The number of hydrogen-bond acceptors (Lipinski definition) is 2. The van der Waals surface area contributed by atoms with Gasteiger partial charge in [0.1, 0.15) is 11.6 Å². The number of nitrogens with zero attached hydrogens (tertiary/aromatic N) is 1. The van der Waals surface area contributed by atoms with Crippen LogP contribution < -0.4 is 5.32 Å². The fourth-order valence-electron chi connectivity index (χ4n) is 2.39. The third kappa shape index (κ3) is 3.46. The highest BCUT2D eigenvalue weighted by Gasteiger charge is 2.22. The van der Waals surface area contributed by atoms with Crippen molar-refractivity contribution in [2.75, 3.05) is 20.1 Å². The quantitative estimate of drug-likeness (QED) is 0.871. The Kier molecular flexibility index (Phi) is 4.94. The first-order valence-electron chi connectivity index (χ1n) is 6.62. The van der Waals surface area contributed by atoms with Crippen LogP contribution in [0.2, 0.25) is 5.02 Å². The van der Waals surface area contributed by atoms with E-state index in [0.717, 1.165) is 37.9 Å². The molecular formula is C14H17ClF2N2O. The van der Waals surface area contributed by atoms with Crippen LogP contribution in [0.5, 0.6) is 0 Å². The van der Waals surface area contributed by atoms with Gasteiger partial charge in [-0.15, -0.1) is 0 Å². The highest BCUT2D eigenvalue weighted by Crippen LogP contribution is 2.20. The lowest BCUT2D eigenvalue weighted by molar-refractivity contribution is 0.0770. The smallest absolute Gasteiger partial charge is 0.256 e. The average Bonchev–Trinajstić information content (AvgIpc) is 2.43. The summed E-state index contributed by atoms with van der Waals surface area (Å²) in [7, 11) is 1.59. The fraction of sp³-hybridized carbons (Fsp3) is 0.500. The molecule has 1 saturated heterocycles. The van der Waals surface area contributed by atoms with E-state index in [-0.39, 0.29) is 16.6 Å². The third-order valence-corrected chi connectivity index (χ3v) is 3.78. The molecule has 6 heteroatoms. The summed E-state index contributed by atoms with van der Waals surface area (Å²) < 4.78 is 27.1. The first-order valence-corrected chi connectivity index (χ1v) is 7.00. The van der Waals surface area contributed by atoms with Crippen molar-refractivity contribution < 1.29 is 13.6 Å². The Morgan fingerprint density at radius 2 is 2.15 bits per heavy atom. The summed E-state index contributed by atoms with van der Waals surface area (Å²) in [4.78, 5) is 13.6. The maximum Gasteiger partial charge on any atom is 0.256 e. The van der Waals surface area contributed by atoms with Gasteiger partial charge in [-0.2, -0.15) is 0 Å². The molecule has 1 N–H and O–H groups in total. The number of halogens is 3. The van der Waals surface area contributed by atoms with Gasteiger partial charge < -0.3 is 10.2 Å². The van der Waals surface area contributed by atoms with Crippen molar-refractivity contribution in [2.24, 2.45) is 0 Å². The molecule has 2 rings (SSSR count). The number of rotatable bonds is 3. The Labute approximate surface area is 121 Å². The van der Waals surface area contributed by atoms with E-state index in [1.54, 1.807) is 7.05 Å². The van der Waals surface area contributed by atoms with Crippen LogP contribution in [0.25, 0.3) is 0 Å². The largest absolute Gasteiger partial charge is 0.340 e. The van der Waals surface area contributed by atoms with Crippen molar-refractivity contribution in [3.8, 4) is 0 Å². The van der Waals surface area contributed by atoms with Gasteiger partial charge in [-0.05, 0) is 31.5 Å². The number of piperidine rings is 1. The number of carbonyl (C=O) groups excluding carboxylic acids is 1. The van der Waals surface area contributed by atoms with E-state index in [0.29, 0.717) is 6.54 Å². The van der Waals surface area contributed by atoms with Gasteiger partial charge in [0.2, 0.25) is 0 Å². The lowest BCUT2D eigenvalue weighted by atomic mass is 10.0. The van der Waals surface area contributed by atoms with Crippen LogP contribution >= 0.6 is 11.6 Å². The van der Waals surface area contributed by atoms with Gasteiger partial charge in [0.15, 0.2) is 0 Å². The van der Waals surface area contributed by atoms with Crippen LogP contribution in [0.15, 0.2) is 12.1 Å². The van der Waals surface area contributed by atoms with Crippen LogP contribution in [0.3, 0.4) is 0 Å². The zero-order valence-corrected chi connectivity index (χ0v) is 12.0. The maximum absolute atomic E-state index is 13.7. The van der Waals surface area contributed by atoms with Crippen molar-refractivity contribution >= 4 is 17.5 Å². The molecule has 3 nitrogen and oxygen atoms in total. The van der Waals surface area contributed by atoms with Gasteiger partial charge in [0.05, 0.1) is 10.6 Å². The Bertz CT molecular complexity index is 504. The molecule has 0 radical (unpaired) electrons. The lowest BCUT2D eigenvalue weighted by Gasteiger charge is -2.28. The summed E-state index contributed by atoms with van der Waals surface area (Å²) in [6.07, 6.45) is 3.23. The molecule has 0 spiro atoms. The normalized spacial score (nSPS) is 18.9. The highest BCUT2D eigenvalue weighted by molar-refractivity contribution is 6.30. The Morgan fingerprint density at radius 3 is 2.80 bits per heavy atom. The molecular weight excluding hydrogens is 286 g/mol. The van der Waals surface area contributed by atoms with Crippen molar-refractivity contribution in [1.29, 1.82) is 0 Å². The first-order chi connectivity index (χ1) is 9.49. The molecule has 1 aromatic rings. The zero-order chi connectivity index (χ0) is 14.7. The minimum absolute atomic E-state index is 0.206. The summed E-state index contributed by atoms with van der Waals surface area (Å²) in [5, 5.41) is 2.99. The van der Waals surface area contributed by atoms with E-state index < -0.39 is 17.5 Å². The molecule has 20 heavy (non-hydrogen) atoms. The summed E-state index contributed by atoms with van der Waals surface area (Å²) >= 11 is 5.48. The molecule has 1 aliphatic rings. The monoisotopic (exact) mass is 302 g/mol. The number of amides is 1. The van der Waals surface area contributed by atoms with Gasteiger partial charge in [-0.3, -0.25) is 4.79 Å². The highest BCUT2D eigenvalue weighted by atomic mass is 35.5. The van der Waals surface area contributed by atoms with Crippen molar-refractivity contribution in [2.45, 2.75) is 25.3 Å². The minimum Gasteiger partial charge on any atom is -0.340 e. The van der Waals surface area contributed by atoms with Gasteiger partial charge in [-0.1, -0.05) is 18.0 Å². The predicted molar refractivity (Wildman–Crippen MR) is 74.0 cm³/mol. The Balaban J connectivity index is 2.08. The first kappa shape index (κ1) is 15.2. The lowest BCUT2D eigenvalue weighted by Crippen LogP contribution is -2.44. The molecule has 0 bridgehead atoms. The average molecular weight is 303 g/mol. The minimum atomic E-state index is -0.801. The van der Waals surface area contributed by atoms with Crippen LogP contribution in [0.1, 0.15) is 29.6 Å². The summed E-state index contributed by atoms with van der Waals surface area (Å²) in [5.74, 6) is -2.13. The molecule has 0 saturated carbocycles. The number of benzene rings is 1. The van der Waals surface area contributed by atoms with Crippen molar-refractivity contribution in [3.05, 3.63) is 34.4 Å². The van der Waals surface area contributed by atoms with Gasteiger partial charge in [0, 0.05) is 19.6 Å². The fourth-order valence-corrected chi connectivity index (χ4v) is 2.54. The zero-order valence-electron chi connectivity index (χ0n) is 11.3. The van der Waals surface area contributed by atoms with Crippen LogP contribution in [0, 0.1) is 11.6 Å². The topological polar surface area (TPSA) is 32.3 Å². The van der Waals surface area contributed by atoms with Crippen LogP contribution in [-0.2, 0) is 0 Å². The Hall–Kier alpha value is -1.20. The van der Waals surface area contributed by atoms with Crippen LogP contribution in [0.4, 0.5) is 8.78 Å². The molecule has 110 valence electrons. The molecule has 0 aliphatic carbocycles. The van der Waals surface area contributed by atoms with Crippen molar-refractivity contribution in [3.63, 3.8) is 0 Å². The molecule has 1 heterocycles. The predicted octanol–water partition coefficient (Wildman–Crippen LogP) is 2.83. The molecule has 1 aliphatic heterocycles. The molecule has 1 atom stereocenters. The van der Waals surface area contributed by atoms with E-state index in [1.807, 2.05) is 0 Å². The van der Waals surface area contributed by atoms with E-state index in [4.69, 9.17) is 11.6 Å². The molecule has 0 aromatic heterocycles. The number of nitrogens with one attached hydrogen (secondary N) is 1. The van der Waals surface area contributed by atoms with E-state index in [2.05, 4.69) is 5.32 Å². The second kappa shape index (κ2) is 6.50. The summed E-state index contributed by atoms with van der Waals surface area (Å²) in [6, 6.07) is 1.89. The molecule has 1 fully saturated rings. The number of likely N-dealkylation sites (N-methyl/N-ethyl adjacent to an activating group) is 1. The molecule has 1 aromatic carbocycles. The SMILES string of the molecule is CN(CC1CCCCN1)C(=O)c1cc(F)c(Cl)cc1F. The molecule has 1 amide bonds. The van der Waals surface area contributed by atoms with Crippen molar-refractivity contribution in [1.82, 2.24) is 10.2 Å². The summed E-state index contributed by atoms with van der Waals surface area (Å²) in [6.45, 7) is 1.40. The van der Waals surface area contributed by atoms with E-state index in [1.165, 1.54) is 4.90 Å². The van der Waals surface area contributed by atoms with E-state index in [9.17, 15) is 13.6 Å². The Morgan fingerprint density at radius 1 is 1.40 bits per heavy atom. The van der Waals surface area contributed by atoms with Gasteiger partial charge >= 0.3 is 0 Å². The standard InChI is InChI=1S/C14H17ClF2N2O/c1-19(8-9-4-2-3-5-18-9)14(20)10-6-13(17)11(15)7-12(10)16/h6-7,9,18H,2-5,8H2,1H3. The third-order valence-electron chi connectivity index (χ3n) is 3.49.